The Kier molecular flexibility index (Phi) is 3.00. The van der Waals surface area contributed by atoms with Crippen molar-refractivity contribution in [2.24, 2.45) is 0 Å². The first kappa shape index (κ1) is 11.6. The molecule has 3 nitrogen and oxygen atoms in total. The third-order valence-corrected chi connectivity index (χ3v) is 3.78. The highest BCUT2D eigenvalue weighted by Crippen LogP contribution is 2.30. The van der Waals surface area contributed by atoms with E-state index in [9.17, 15) is 0 Å². The first-order valence-corrected chi connectivity index (χ1v) is 6.58. The van der Waals surface area contributed by atoms with Gasteiger partial charge in [-0.25, -0.2) is 4.68 Å². The SMILES string of the molecule is COc1cccc(-n2nc3c(c2Cl)CCCC3)c1. The minimum Gasteiger partial charge on any atom is -0.497 e. The summed E-state index contributed by atoms with van der Waals surface area (Å²) in [5.41, 5.74) is 3.31. The summed E-state index contributed by atoms with van der Waals surface area (Å²) in [7, 11) is 1.66. The second kappa shape index (κ2) is 4.65. The van der Waals surface area contributed by atoms with Gasteiger partial charge in [0.1, 0.15) is 10.9 Å². The van der Waals surface area contributed by atoms with Crippen LogP contribution in [0.1, 0.15) is 24.1 Å². The highest BCUT2D eigenvalue weighted by molar-refractivity contribution is 6.30. The van der Waals surface area contributed by atoms with Crippen LogP contribution in [0.5, 0.6) is 5.75 Å². The van der Waals surface area contributed by atoms with E-state index in [4.69, 9.17) is 16.3 Å². The maximum absolute atomic E-state index is 6.43. The highest BCUT2D eigenvalue weighted by Gasteiger charge is 2.20. The molecule has 0 atom stereocenters. The van der Waals surface area contributed by atoms with Crippen LogP contribution in [0.15, 0.2) is 24.3 Å². The fourth-order valence-corrected chi connectivity index (χ4v) is 2.77. The number of hydrogen-bond acceptors (Lipinski definition) is 2. The molecule has 0 unspecified atom stereocenters. The Morgan fingerprint density at radius 1 is 1.28 bits per heavy atom. The maximum atomic E-state index is 6.43. The van der Waals surface area contributed by atoms with Gasteiger partial charge in [-0.2, -0.15) is 5.10 Å². The Bertz CT molecular complexity index is 577. The molecule has 0 amide bonds. The molecule has 0 fully saturated rings. The zero-order chi connectivity index (χ0) is 12.5. The van der Waals surface area contributed by atoms with Crippen LogP contribution in [-0.4, -0.2) is 16.9 Å². The van der Waals surface area contributed by atoms with Gasteiger partial charge in [-0.1, -0.05) is 17.7 Å². The summed E-state index contributed by atoms with van der Waals surface area (Å²) in [6.45, 7) is 0. The molecular weight excluding hydrogens is 248 g/mol. The summed E-state index contributed by atoms with van der Waals surface area (Å²) < 4.78 is 7.05. The van der Waals surface area contributed by atoms with E-state index in [1.165, 1.54) is 18.4 Å². The van der Waals surface area contributed by atoms with Gasteiger partial charge < -0.3 is 4.74 Å². The lowest BCUT2D eigenvalue weighted by Crippen LogP contribution is -2.00. The highest BCUT2D eigenvalue weighted by atomic mass is 35.5. The van der Waals surface area contributed by atoms with Crippen LogP contribution in [0.25, 0.3) is 5.69 Å². The zero-order valence-electron chi connectivity index (χ0n) is 10.3. The molecule has 1 aliphatic carbocycles. The van der Waals surface area contributed by atoms with Gasteiger partial charge in [-0.15, -0.1) is 0 Å². The predicted octanol–water partition coefficient (Wildman–Crippen LogP) is 3.41. The Morgan fingerprint density at radius 3 is 2.89 bits per heavy atom. The fraction of sp³-hybridized carbons (Fsp3) is 0.357. The number of rotatable bonds is 2. The van der Waals surface area contributed by atoms with E-state index in [-0.39, 0.29) is 0 Å². The van der Waals surface area contributed by atoms with Crippen molar-refractivity contribution in [3.05, 3.63) is 40.7 Å². The molecule has 0 radical (unpaired) electrons. The minimum absolute atomic E-state index is 0.748. The van der Waals surface area contributed by atoms with Crippen molar-refractivity contribution in [2.45, 2.75) is 25.7 Å². The first-order chi connectivity index (χ1) is 8.79. The Hall–Kier alpha value is -1.48. The molecule has 3 rings (SSSR count). The largest absolute Gasteiger partial charge is 0.497 e. The Balaban J connectivity index is 2.08. The molecule has 0 bridgehead atoms. The van der Waals surface area contributed by atoms with Crippen molar-refractivity contribution >= 4 is 11.6 Å². The molecule has 4 heteroatoms. The molecule has 0 saturated heterocycles. The smallest absolute Gasteiger partial charge is 0.136 e. The maximum Gasteiger partial charge on any atom is 0.136 e. The molecule has 0 spiro atoms. The number of nitrogens with zero attached hydrogens (tertiary/aromatic N) is 2. The van der Waals surface area contributed by atoms with Gasteiger partial charge >= 0.3 is 0 Å². The number of hydrogen-bond donors (Lipinski definition) is 0. The van der Waals surface area contributed by atoms with Crippen molar-refractivity contribution in [2.75, 3.05) is 7.11 Å². The summed E-state index contributed by atoms with van der Waals surface area (Å²) in [6.07, 6.45) is 4.49. The molecule has 1 heterocycles. The predicted molar refractivity (Wildman–Crippen MR) is 71.8 cm³/mol. The van der Waals surface area contributed by atoms with Crippen molar-refractivity contribution in [3.63, 3.8) is 0 Å². The van der Waals surface area contributed by atoms with Crippen LogP contribution in [-0.2, 0) is 12.8 Å². The van der Waals surface area contributed by atoms with E-state index in [0.29, 0.717) is 0 Å². The van der Waals surface area contributed by atoms with Gasteiger partial charge in [0.25, 0.3) is 0 Å². The van der Waals surface area contributed by atoms with E-state index in [0.717, 1.165) is 35.1 Å². The second-order valence-electron chi connectivity index (χ2n) is 4.54. The third-order valence-electron chi connectivity index (χ3n) is 3.39. The van der Waals surface area contributed by atoms with Crippen LogP contribution in [0.4, 0.5) is 0 Å². The molecule has 1 aromatic carbocycles. The van der Waals surface area contributed by atoms with Crippen molar-refractivity contribution in [3.8, 4) is 11.4 Å². The molecule has 2 aromatic rings. The van der Waals surface area contributed by atoms with Crippen LogP contribution < -0.4 is 4.74 Å². The quantitative estimate of drug-likeness (QED) is 0.829. The van der Waals surface area contributed by atoms with Crippen LogP contribution in [0.2, 0.25) is 5.15 Å². The lowest BCUT2D eigenvalue weighted by atomic mass is 9.99. The number of ether oxygens (including phenoxy) is 1. The number of methoxy groups -OCH3 is 1. The average molecular weight is 263 g/mol. The lowest BCUT2D eigenvalue weighted by molar-refractivity contribution is 0.414. The second-order valence-corrected chi connectivity index (χ2v) is 4.89. The minimum atomic E-state index is 0.748. The molecule has 0 aliphatic heterocycles. The van der Waals surface area contributed by atoms with Gasteiger partial charge in [0.2, 0.25) is 0 Å². The summed E-state index contributed by atoms with van der Waals surface area (Å²) in [5.74, 6) is 0.817. The Morgan fingerprint density at radius 2 is 2.11 bits per heavy atom. The van der Waals surface area contributed by atoms with E-state index in [2.05, 4.69) is 5.10 Å². The first-order valence-electron chi connectivity index (χ1n) is 6.20. The van der Waals surface area contributed by atoms with Crippen molar-refractivity contribution in [1.29, 1.82) is 0 Å². The topological polar surface area (TPSA) is 27.1 Å². The van der Waals surface area contributed by atoms with Crippen molar-refractivity contribution < 1.29 is 4.74 Å². The summed E-state index contributed by atoms with van der Waals surface area (Å²) in [4.78, 5) is 0. The van der Waals surface area contributed by atoms with Gasteiger partial charge in [-0.05, 0) is 37.8 Å². The Labute approximate surface area is 111 Å². The van der Waals surface area contributed by atoms with E-state index >= 15 is 0 Å². The number of fused-ring (bicyclic) bond motifs is 1. The summed E-state index contributed by atoms with van der Waals surface area (Å²) in [6, 6.07) is 7.81. The molecular formula is C14H15ClN2O. The third kappa shape index (κ3) is 1.89. The van der Waals surface area contributed by atoms with Gasteiger partial charge in [0.15, 0.2) is 0 Å². The van der Waals surface area contributed by atoms with E-state index in [1.807, 2.05) is 28.9 Å². The number of halogens is 1. The normalized spacial score (nSPS) is 14.3. The van der Waals surface area contributed by atoms with E-state index < -0.39 is 0 Å². The number of benzene rings is 1. The molecule has 0 saturated carbocycles. The molecule has 0 N–H and O–H groups in total. The summed E-state index contributed by atoms with van der Waals surface area (Å²) in [5, 5.41) is 5.37. The zero-order valence-corrected chi connectivity index (χ0v) is 11.1. The van der Waals surface area contributed by atoms with Gasteiger partial charge in [0.05, 0.1) is 18.5 Å². The van der Waals surface area contributed by atoms with Gasteiger partial charge in [0, 0.05) is 11.6 Å². The number of aryl methyl sites for hydroxylation is 1. The lowest BCUT2D eigenvalue weighted by Gasteiger charge is -2.08. The monoisotopic (exact) mass is 262 g/mol. The molecule has 94 valence electrons. The average Bonchev–Trinajstić information content (AvgIpc) is 2.77. The van der Waals surface area contributed by atoms with E-state index in [1.54, 1.807) is 7.11 Å². The molecule has 18 heavy (non-hydrogen) atoms. The molecule has 1 aliphatic rings. The summed E-state index contributed by atoms with van der Waals surface area (Å²) >= 11 is 6.43. The van der Waals surface area contributed by atoms with Crippen LogP contribution >= 0.6 is 11.6 Å². The van der Waals surface area contributed by atoms with Gasteiger partial charge in [-0.3, -0.25) is 0 Å². The fourth-order valence-electron chi connectivity index (χ4n) is 2.43. The van der Waals surface area contributed by atoms with Crippen LogP contribution in [0.3, 0.4) is 0 Å². The van der Waals surface area contributed by atoms with Crippen LogP contribution in [0, 0.1) is 0 Å². The molecule has 1 aromatic heterocycles. The standard InChI is InChI=1S/C14H15ClN2O/c1-18-11-6-4-5-10(9-11)17-14(15)12-7-2-3-8-13(12)16-17/h4-6,9H,2-3,7-8H2,1H3. The number of aromatic nitrogens is 2. The van der Waals surface area contributed by atoms with Crippen molar-refractivity contribution in [1.82, 2.24) is 9.78 Å².